The van der Waals surface area contributed by atoms with Gasteiger partial charge in [-0.15, -0.1) is 0 Å². The summed E-state index contributed by atoms with van der Waals surface area (Å²) in [5.41, 5.74) is 1.22. The second kappa shape index (κ2) is 10.8. The van der Waals surface area contributed by atoms with E-state index in [1.165, 1.54) is 18.1 Å². The summed E-state index contributed by atoms with van der Waals surface area (Å²) in [4.78, 5) is 40.6. The molecule has 2 aromatic carbocycles. The standard InChI is InChI=1S/C26H31N3O7/c1-6-27(7-2)10-11-28-23(17-8-9-20(30)19(14-17)29(34)35)22(25(32)26(28)33)24(31)18-12-16(4)21(36-5)13-15(18)3/h8-9,12-14,23,30-31H,6-7,10-11H2,1-5H3/b24-22+. The minimum absolute atomic E-state index is 0.160. The third-order valence-corrected chi connectivity index (χ3v) is 6.60. The largest absolute Gasteiger partial charge is 0.507 e. The van der Waals surface area contributed by atoms with Crippen LogP contribution in [0.25, 0.3) is 5.76 Å². The zero-order valence-corrected chi connectivity index (χ0v) is 21.1. The molecule has 1 heterocycles. The van der Waals surface area contributed by atoms with E-state index in [4.69, 9.17) is 4.74 Å². The van der Waals surface area contributed by atoms with Gasteiger partial charge in [0.15, 0.2) is 5.75 Å². The summed E-state index contributed by atoms with van der Waals surface area (Å²) in [7, 11) is 1.53. The number of ether oxygens (including phenoxy) is 1. The highest BCUT2D eigenvalue weighted by Crippen LogP contribution is 2.42. The Kier molecular flexibility index (Phi) is 7.99. The number of benzene rings is 2. The van der Waals surface area contributed by atoms with Crippen LogP contribution in [0.2, 0.25) is 0 Å². The van der Waals surface area contributed by atoms with Crippen molar-refractivity contribution in [2.24, 2.45) is 0 Å². The molecule has 192 valence electrons. The Balaban J connectivity index is 2.23. The summed E-state index contributed by atoms with van der Waals surface area (Å²) >= 11 is 0. The van der Waals surface area contributed by atoms with Crippen molar-refractivity contribution < 1.29 is 29.5 Å². The number of methoxy groups -OCH3 is 1. The summed E-state index contributed by atoms with van der Waals surface area (Å²) < 4.78 is 5.33. The molecule has 0 radical (unpaired) electrons. The monoisotopic (exact) mass is 497 g/mol. The Morgan fingerprint density at radius 2 is 1.81 bits per heavy atom. The van der Waals surface area contributed by atoms with Gasteiger partial charge in [-0.1, -0.05) is 19.9 Å². The number of nitro groups is 1. The number of carbonyl (C=O) groups is 2. The summed E-state index contributed by atoms with van der Waals surface area (Å²) in [6, 6.07) is 6.03. The van der Waals surface area contributed by atoms with Gasteiger partial charge in [0.05, 0.1) is 23.6 Å². The molecule has 1 aliphatic heterocycles. The van der Waals surface area contributed by atoms with Crippen LogP contribution in [0, 0.1) is 24.0 Å². The van der Waals surface area contributed by atoms with E-state index in [2.05, 4.69) is 4.90 Å². The van der Waals surface area contributed by atoms with Gasteiger partial charge >= 0.3 is 5.69 Å². The molecule has 1 fully saturated rings. The number of aliphatic hydroxyl groups is 1. The number of aromatic hydroxyl groups is 1. The van der Waals surface area contributed by atoms with Gasteiger partial charge in [0, 0.05) is 24.7 Å². The fraction of sp³-hybridized carbons (Fsp3) is 0.385. The van der Waals surface area contributed by atoms with E-state index in [0.29, 0.717) is 23.4 Å². The van der Waals surface area contributed by atoms with Crippen LogP contribution >= 0.6 is 0 Å². The molecule has 10 nitrogen and oxygen atoms in total. The highest BCUT2D eigenvalue weighted by molar-refractivity contribution is 6.46. The van der Waals surface area contributed by atoms with Crippen molar-refractivity contribution in [3.63, 3.8) is 0 Å². The average Bonchev–Trinajstić information content (AvgIpc) is 3.10. The number of Topliss-reactive ketones (excluding diaryl/α,β-unsaturated/α-hetero) is 1. The van der Waals surface area contributed by atoms with Crippen LogP contribution in [0.15, 0.2) is 35.9 Å². The normalized spacial score (nSPS) is 17.2. The van der Waals surface area contributed by atoms with Gasteiger partial charge in [-0.05, 0) is 61.8 Å². The van der Waals surface area contributed by atoms with Gasteiger partial charge in [0.1, 0.15) is 11.5 Å². The van der Waals surface area contributed by atoms with Crippen LogP contribution in [0.4, 0.5) is 5.69 Å². The second-order valence-electron chi connectivity index (χ2n) is 8.66. The van der Waals surface area contributed by atoms with Crippen LogP contribution in [0.1, 0.15) is 42.1 Å². The van der Waals surface area contributed by atoms with E-state index in [9.17, 15) is 29.9 Å². The average molecular weight is 498 g/mol. The third kappa shape index (κ3) is 4.90. The molecule has 1 atom stereocenters. The third-order valence-electron chi connectivity index (χ3n) is 6.60. The van der Waals surface area contributed by atoms with Crippen molar-refractivity contribution in [3.05, 3.63) is 68.3 Å². The number of hydrogen-bond donors (Lipinski definition) is 2. The number of likely N-dealkylation sites (tertiary alicyclic amines) is 1. The summed E-state index contributed by atoms with van der Waals surface area (Å²) in [6.07, 6.45) is 0. The molecule has 1 unspecified atom stereocenters. The minimum atomic E-state index is -1.07. The van der Waals surface area contributed by atoms with E-state index in [-0.39, 0.29) is 23.4 Å². The number of rotatable bonds is 9. The van der Waals surface area contributed by atoms with Crippen LogP contribution in [-0.2, 0) is 9.59 Å². The fourth-order valence-electron chi connectivity index (χ4n) is 4.51. The van der Waals surface area contributed by atoms with Crippen molar-refractivity contribution in [3.8, 4) is 11.5 Å². The molecule has 0 saturated carbocycles. The summed E-state index contributed by atoms with van der Waals surface area (Å²) in [5.74, 6) is -1.98. The van der Waals surface area contributed by atoms with Crippen molar-refractivity contribution in [1.82, 2.24) is 9.80 Å². The van der Waals surface area contributed by atoms with Gasteiger partial charge in [-0.3, -0.25) is 19.7 Å². The SMILES string of the molecule is CCN(CC)CCN1C(=O)C(=O)/C(=C(/O)c2cc(C)c(OC)cc2C)C1c1ccc(O)c([N+](=O)[O-])c1. The number of aryl methyl sites for hydroxylation is 2. The lowest BCUT2D eigenvalue weighted by atomic mass is 9.92. The lowest BCUT2D eigenvalue weighted by Gasteiger charge is -2.28. The Labute approximate surface area is 209 Å². The number of aliphatic hydroxyl groups excluding tert-OH is 1. The number of ketones is 1. The molecule has 0 spiro atoms. The smallest absolute Gasteiger partial charge is 0.311 e. The predicted octanol–water partition coefficient (Wildman–Crippen LogP) is 3.69. The van der Waals surface area contributed by atoms with Crippen molar-refractivity contribution >= 4 is 23.1 Å². The highest BCUT2D eigenvalue weighted by atomic mass is 16.6. The van der Waals surface area contributed by atoms with Crippen molar-refractivity contribution in [2.45, 2.75) is 33.7 Å². The Morgan fingerprint density at radius 3 is 2.39 bits per heavy atom. The Bertz CT molecular complexity index is 1230. The fourth-order valence-corrected chi connectivity index (χ4v) is 4.51. The van der Waals surface area contributed by atoms with E-state index < -0.39 is 34.1 Å². The van der Waals surface area contributed by atoms with Gasteiger partial charge in [0.2, 0.25) is 0 Å². The number of carbonyl (C=O) groups excluding carboxylic acids is 2. The van der Waals surface area contributed by atoms with Gasteiger partial charge in [-0.25, -0.2) is 0 Å². The lowest BCUT2D eigenvalue weighted by Crippen LogP contribution is -2.38. The maximum Gasteiger partial charge on any atom is 0.311 e. The van der Waals surface area contributed by atoms with E-state index in [1.54, 1.807) is 26.0 Å². The van der Waals surface area contributed by atoms with E-state index >= 15 is 0 Å². The molecule has 36 heavy (non-hydrogen) atoms. The first-order valence-corrected chi connectivity index (χ1v) is 11.7. The maximum atomic E-state index is 13.3. The van der Waals surface area contributed by atoms with E-state index in [0.717, 1.165) is 30.8 Å². The summed E-state index contributed by atoms with van der Waals surface area (Å²) in [5, 5.41) is 32.8. The molecule has 0 bridgehead atoms. The zero-order chi connectivity index (χ0) is 26.7. The molecular weight excluding hydrogens is 466 g/mol. The molecule has 0 aliphatic carbocycles. The number of likely N-dealkylation sites (N-methyl/N-ethyl adjacent to an activating group) is 1. The van der Waals surface area contributed by atoms with Crippen LogP contribution in [-0.4, -0.2) is 69.9 Å². The number of phenols is 1. The molecule has 1 saturated heterocycles. The molecule has 1 amide bonds. The van der Waals surface area contributed by atoms with E-state index in [1.807, 2.05) is 13.8 Å². The Hall–Kier alpha value is -3.92. The topological polar surface area (TPSA) is 133 Å². The molecular formula is C26H31N3O7. The molecule has 10 heteroatoms. The molecule has 1 aliphatic rings. The number of hydrogen-bond acceptors (Lipinski definition) is 8. The number of nitrogens with zero attached hydrogens (tertiary/aromatic N) is 3. The van der Waals surface area contributed by atoms with Crippen LogP contribution in [0.3, 0.4) is 0 Å². The number of amides is 1. The minimum Gasteiger partial charge on any atom is -0.507 e. The first kappa shape index (κ1) is 26.7. The maximum absolute atomic E-state index is 13.3. The highest BCUT2D eigenvalue weighted by Gasteiger charge is 2.46. The van der Waals surface area contributed by atoms with Gasteiger partial charge in [-0.2, -0.15) is 0 Å². The van der Waals surface area contributed by atoms with Crippen LogP contribution < -0.4 is 4.74 Å². The first-order chi connectivity index (χ1) is 17.0. The zero-order valence-electron chi connectivity index (χ0n) is 21.1. The lowest BCUT2D eigenvalue weighted by molar-refractivity contribution is -0.385. The first-order valence-electron chi connectivity index (χ1n) is 11.7. The summed E-state index contributed by atoms with van der Waals surface area (Å²) in [6.45, 7) is 9.60. The van der Waals surface area contributed by atoms with Crippen LogP contribution in [0.5, 0.6) is 11.5 Å². The van der Waals surface area contributed by atoms with Gasteiger partial charge < -0.3 is 24.7 Å². The quantitative estimate of drug-likeness (QED) is 0.176. The van der Waals surface area contributed by atoms with Crippen molar-refractivity contribution in [2.75, 3.05) is 33.3 Å². The molecule has 2 N–H and O–H groups in total. The predicted molar refractivity (Wildman–Crippen MR) is 134 cm³/mol. The molecule has 3 rings (SSSR count). The molecule has 0 aromatic heterocycles. The van der Waals surface area contributed by atoms with Gasteiger partial charge in [0.25, 0.3) is 11.7 Å². The number of phenolic OH excluding ortho intramolecular Hbond substituents is 1. The molecule has 2 aromatic rings. The van der Waals surface area contributed by atoms with Crippen molar-refractivity contribution in [1.29, 1.82) is 0 Å². The second-order valence-corrected chi connectivity index (χ2v) is 8.66. The Morgan fingerprint density at radius 1 is 1.14 bits per heavy atom. The number of nitro benzene ring substituents is 1.